The van der Waals surface area contributed by atoms with Crippen molar-refractivity contribution in [3.63, 3.8) is 0 Å². The zero-order valence-electron chi connectivity index (χ0n) is 15.1. The van der Waals surface area contributed by atoms with Gasteiger partial charge in [0, 0.05) is 19.0 Å². The minimum Gasteiger partial charge on any atom is -0.338 e. The second-order valence-electron chi connectivity index (χ2n) is 7.48. The maximum atomic E-state index is 13.2. The SMILES string of the molecule is CN(C(=O)c1cc2ccccc2cc1NC(=O)C1CC1)C1CCS(=O)(=O)C1. The Morgan fingerprint density at radius 2 is 1.74 bits per heavy atom. The van der Waals surface area contributed by atoms with Gasteiger partial charge in [0.05, 0.1) is 22.8 Å². The molecule has 2 fully saturated rings. The average Bonchev–Trinajstić information content (AvgIpc) is 3.43. The first-order valence-electron chi connectivity index (χ1n) is 9.15. The van der Waals surface area contributed by atoms with E-state index >= 15 is 0 Å². The van der Waals surface area contributed by atoms with Crippen molar-refractivity contribution >= 4 is 38.1 Å². The van der Waals surface area contributed by atoms with Crippen molar-refractivity contribution in [1.82, 2.24) is 4.90 Å². The zero-order chi connectivity index (χ0) is 19.2. The van der Waals surface area contributed by atoms with Gasteiger partial charge in [0.2, 0.25) is 5.91 Å². The summed E-state index contributed by atoms with van der Waals surface area (Å²) in [7, 11) is -1.45. The van der Waals surface area contributed by atoms with Crippen LogP contribution in [0.4, 0.5) is 5.69 Å². The Balaban J connectivity index is 1.69. The molecule has 0 bridgehead atoms. The van der Waals surface area contributed by atoms with Gasteiger partial charge in [-0.25, -0.2) is 8.42 Å². The van der Waals surface area contributed by atoms with E-state index in [1.165, 1.54) is 4.90 Å². The minimum absolute atomic E-state index is 0.00735. The summed E-state index contributed by atoms with van der Waals surface area (Å²) in [4.78, 5) is 26.9. The smallest absolute Gasteiger partial charge is 0.256 e. The summed E-state index contributed by atoms with van der Waals surface area (Å²) in [6.45, 7) is 0. The van der Waals surface area contributed by atoms with E-state index in [2.05, 4.69) is 5.32 Å². The molecule has 2 aromatic rings. The molecule has 27 heavy (non-hydrogen) atoms. The highest BCUT2D eigenvalue weighted by Gasteiger charge is 2.34. The maximum Gasteiger partial charge on any atom is 0.256 e. The van der Waals surface area contributed by atoms with Crippen LogP contribution in [0.3, 0.4) is 0 Å². The van der Waals surface area contributed by atoms with Crippen LogP contribution < -0.4 is 5.32 Å². The molecule has 1 N–H and O–H groups in total. The number of nitrogens with one attached hydrogen (secondary N) is 1. The molecular formula is C20H22N2O4S. The molecule has 0 spiro atoms. The van der Waals surface area contributed by atoms with Crippen LogP contribution >= 0.6 is 0 Å². The van der Waals surface area contributed by atoms with Gasteiger partial charge >= 0.3 is 0 Å². The second-order valence-corrected chi connectivity index (χ2v) is 9.71. The first-order chi connectivity index (χ1) is 12.8. The van der Waals surface area contributed by atoms with Crippen LogP contribution in [-0.4, -0.2) is 49.7 Å². The predicted octanol–water partition coefficient (Wildman–Crippen LogP) is 2.45. The molecule has 4 rings (SSSR count). The third kappa shape index (κ3) is 3.69. The van der Waals surface area contributed by atoms with E-state index in [9.17, 15) is 18.0 Å². The summed E-state index contributed by atoms with van der Waals surface area (Å²) in [6.07, 6.45) is 2.20. The van der Waals surface area contributed by atoms with Gasteiger partial charge in [-0.2, -0.15) is 0 Å². The van der Waals surface area contributed by atoms with E-state index in [4.69, 9.17) is 0 Å². The molecule has 6 nitrogen and oxygen atoms in total. The Bertz CT molecular complexity index is 1030. The van der Waals surface area contributed by atoms with E-state index in [1.54, 1.807) is 13.1 Å². The van der Waals surface area contributed by atoms with Gasteiger partial charge in [-0.15, -0.1) is 0 Å². The monoisotopic (exact) mass is 386 g/mol. The van der Waals surface area contributed by atoms with Gasteiger partial charge in [0.25, 0.3) is 5.91 Å². The first kappa shape index (κ1) is 18.0. The number of sulfone groups is 1. The van der Waals surface area contributed by atoms with Gasteiger partial charge in [0.1, 0.15) is 0 Å². The number of fused-ring (bicyclic) bond motifs is 1. The summed E-state index contributed by atoms with van der Waals surface area (Å²) in [5, 5.41) is 4.74. The van der Waals surface area contributed by atoms with Crippen molar-refractivity contribution in [3.05, 3.63) is 42.0 Å². The molecule has 2 amide bonds. The fraction of sp³-hybridized carbons (Fsp3) is 0.400. The van der Waals surface area contributed by atoms with Crippen molar-refractivity contribution < 1.29 is 18.0 Å². The first-order valence-corrected chi connectivity index (χ1v) is 11.0. The Kier molecular flexibility index (Phi) is 4.42. The largest absolute Gasteiger partial charge is 0.338 e. The Morgan fingerprint density at radius 3 is 2.33 bits per heavy atom. The van der Waals surface area contributed by atoms with Gasteiger partial charge in [-0.3, -0.25) is 9.59 Å². The van der Waals surface area contributed by atoms with Crippen LogP contribution in [0.15, 0.2) is 36.4 Å². The second kappa shape index (κ2) is 6.64. The molecule has 1 aliphatic heterocycles. The van der Waals surface area contributed by atoms with Crippen molar-refractivity contribution in [2.24, 2.45) is 5.92 Å². The molecule has 2 aromatic carbocycles. The van der Waals surface area contributed by atoms with Crippen LogP contribution in [0.25, 0.3) is 10.8 Å². The highest BCUT2D eigenvalue weighted by molar-refractivity contribution is 7.91. The summed E-state index contributed by atoms with van der Waals surface area (Å²) in [5.74, 6) is -0.207. The van der Waals surface area contributed by atoms with E-state index < -0.39 is 9.84 Å². The highest BCUT2D eigenvalue weighted by atomic mass is 32.2. The molecule has 1 heterocycles. The summed E-state index contributed by atoms with van der Waals surface area (Å²) < 4.78 is 23.6. The zero-order valence-corrected chi connectivity index (χ0v) is 16.0. The van der Waals surface area contributed by atoms with Crippen molar-refractivity contribution in [3.8, 4) is 0 Å². The average molecular weight is 386 g/mol. The van der Waals surface area contributed by atoms with Gasteiger partial charge < -0.3 is 10.2 Å². The van der Waals surface area contributed by atoms with E-state index in [1.807, 2.05) is 30.3 Å². The topological polar surface area (TPSA) is 83.6 Å². The molecule has 7 heteroatoms. The van der Waals surface area contributed by atoms with Crippen LogP contribution in [-0.2, 0) is 14.6 Å². The van der Waals surface area contributed by atoms with E-state index in [-0.39, 0.29) is 35.3 Å². The van der Waals surface area contributed by atoms with Crippen LogP contribution in [0.2, 0.25) is 0 Å². The molecule has 2 aliphatic rings. The number of amides is 2. The molecule has 1 saturated carbocycles. The summed E-state index contributed by atoms with van der Waals surface area (Å²) in [6, 6.07) is 10.9. The van der Waals surface area contributed by atoms with Gasteiger partial charge in [0.15, 0.2) is 9.84 Å². The van der Waals surface area contributed by atoms with E-state index in [0.29, 0.717) is 17.7 Å². The highest BCUT2D eigenvalue weighted by Crippen LogP contribution is 2.32. The number of anilines is 1. The molecule has 0 aromatic heterocycles. The number of nitrogens with zero attached hydrogens (tertiary/aromatic N) is 1. The van der Waals surface area contributed by atoms with Crippen LogP contribution in [0.5, 0.6) is 0 Å². The fourth-order valence-electron chi connectivity index (χ4n) is 3.54. The van der Waals surface area contributed by atoms with Crippen molar-refractivity contribution in [2.75, 3.05) is 23.9 Å². The Hall–Kier alpha value is -2.41. The lowest BCUT2D eigenvalue weighted by atomic mass is 10.0. The van der Waals surface area contributed by atoms with Gasteiger partial charge in [-0.05, 0) is 42.2 Å². The normalized spacial score (nSPS) is 21.1. The van der Waals surface area contributed by atoms with Gasteiger partial charge in [-0.1, -0.05) is 24.3 Å². The molecule has 1 aliphatic carbocycles. The van der Waals surface area contributed by atoms with Crippen molar-refractivity contribution in [1.29, 1.82) is 0 Å². The van der Waals surface area contributed by atoms with Crippen LogP contribution in [0.1, 0.15) is 29.6 Å². The third-order valence-electron chi connectivity index (χ3n) is 5.40. The minimum atomic E-state index is -3.09. The number of carbonyl (C=O) groups is 2. The Morgan fingerprint density at radius 1 is 1.07 bits per heavy atom. The number of rotatable bonds is 4. The number of carbonyl (C=O) groups excluding carboxylic acids is 2. The lowest BCUT2D eigenvalue weighted by Gasteiger charge is -2.25. The predicted molar refractivity (Wildman–Crippen MR) is 104 cm³/mol. The molecule has 0 radical (unpaired) electrons. The molecule has 142 valence electrons. The quantitative estimate of drug-likeness (QED) is 0.875. The van der Waals surface area contributed by atoms with Crippen LogP contribution in [0, 0.1) is 5.92 Å². The third-order valence-corrected chi connectivity index (χ3v) is 7.15. The summed E-state index contributed by atoms with van der Waals surface area (Å²) in [5.41, 5.74) is 0.887. The lowest BCUT2D eigenvalue weighted by Crippen LogP contribution is -2.38. The van der Waals surface area contributed by atoms with E-state index in [0.717, 1.165) is 23.6 Å². The maximum absolute atomic E-state index is 13.2. The van der Waals surface area contributed by atoms with Crippen molar-refractivity contribution in [2.45, 2.75) is 25.3 Å². The summed E-state index contributed by atoms with van der Waals surface area (Å²) >= 11 is 0. The molecular weight excluding hydrogens is 364 g/mol. The number of benzene rings is 2. The molecule has 1 saturated heterocycles. The fourth-order valence-corrected chi connectivity index (χ4v) is 5.31. The number of hydrogen-bond donors (Lipinski definition) is 1. The Labute approximate surface area is 158 Å². The number of hydrogen-bond acceptors (Lipinski definition) is 4. The standard InChI is InChI=1S/C20H22N2O4S/c1-22(16-8-9-27(25,26)12-16)20(24)17-10-14-4-2-3-5-15(14)11-18(17)21-19(23)13-6-7-13/h2-5,10-11,13,16H,6-9,12H2,1H3,(H,21,23). The molecule has 1 atom stereocenters. The molecule has 1 unspecified atom stereocenters. The lowest BCUT2D eigenvalue weighted by molar-refractivity contribution is -0.117.